The maximum atomic E-state index is 13.3. The van der Waals surface area contributed by atoms with Crippen molar-refractivity contribution in [2.24, 2.45) is 7.05 Å². The van der Waals surface area contributed by atoms with Crippen LogP contribution in [0.5, 0.6) is 0 Å². The van der Waals surface area contributed by atoms with E-state index in [4.69, 9.17) is 11.6 Å². The second kappa shape index (κ2) is 7.39. The largest absolute Gasteiger partial charge is 0.447 e. The Balaban J connectivity index is 2.39. The predicted octanol–water partition coefficient (Wildman–Crippen LogP) is 6.05. The molecule has 3 rings (SSSR count). The number of carbonyl (C=O) groups excluding carboxylic acids is 1. The molecule has 1 heterocycles. The summed E-state index contributed by atoms with van der Waals surface area (Å²) in [5.74, 6) is -2.47. The summed E-state index contributed by atoms with van der Waals surface area (Å²) in [5, 5.41) is -0.616. The summed E-state index contributed by atoms with van der Waals surface area (Å²) in [6.45, 7) is 0. The van der Waals surface area contributed by atoms with Gasteiger partial charge >= 0.3 is 30.1 Å². The van der Waals surface area contributed by atoms with Crippen LogP contribution in [0.3, 0.4) is 0 Å². The van der Waals surface area contributed by atoms with Gasteiger partial charge in [-0.15, -0.1) is 0 Å². The summed E-state index contributed by atoms with van der Waals surface area (Å²) >= 11 is 5.85. The minimum atomic E-state index is -7.05. The normalized spacial score (nSPS) is 13.6. The van der Waals surface area contributed by atoms with Crippen molar-refractivity contribution < 1.29 is 53.6 Å². The van der Waals surface area contributed by atoms with Crippen molar-refractivity contribution in [2.75, 3.05) is 0 Å². The topological polar surface area (TPSA) is 30.2 Å². The Kier molecular flexibility index (Phi) is 5.52. The minimum Gasteiger partial charge on any atom is -0.428 e. The van der Waals surface area contributed by atoms with Crippen molar-refractivity contribution in [3.05, 3.63) is 53.1 Å². The van der Waals surface area contributed by atoms with E-state index in [1.807, 2.05) is 0 Å². The Morgan fingerprint density at radius 1 is 0.812 bits per heavy atom. The highest BCUT2D eigenvalue weighted by Crippen LogP contribution is 2.55. The van der Waals surface area contributed by atoms with Crippen LogP contribution in [0.1, 0.15) is 10.4 Å². The summed E-state index contributed by atoms with van der Waals surface area (Å²) in [4.78, 5) is 12.7. The second-order valence-corrected chi connectivity index (χ2v) is 7.11. The third kappa shape index (κ3) is 3.50. The average Bonchev–Trinajstić information content (AvgIpc) is 2.63. The molecule has 0 aliphatic carbocycles. The molecule has 13 heteroatoms. The van der Waals surface area contributed by atoms with Crippen LogP contribution in [0.25, 0.3) is 21.8 Å². The summed E-state index contributed by atoms with van der Waals surface area (Å²) in [6.07, 6.45) is -21.2. The predicted molar refractivity (Wildman–Crippen MR) is 94.0 cm³/mol. The van der Waals surface area contributed by atoms with E-state index in [-0.39, 0.29) is 26.8 Å². The first kappa shape index (κ1) is 23.9. The minimum absolute atomic E-state index is 0.0736. The van der Waals surface area contributed by atoms with Crippen molar-refractivity contribution >= 4 is 39.4 Å². The lowest BCUT2D eigenvalue weighted by atomic mass is 9.99. The first-order valence-corrected chi connectivity index (χ1v) is 8.84. The molecular formula is C19H10ClF9NO2+. The Morgan fingerprint density at radius 3 is 1.84 bits per heavy atom. The second-order valence-electron chi connectivity index (χ2n) is 6.68. The molecule has 172 valence electrons. The lowest BCUT2D eigenvalue weighted by molar-refractivity contribution is -0.617. The zero-order chi connectivity index (χ0) is 24.3. The number of para-hydroxylation sites is 1. The molecule has 0 aliphatic rings. The van der Waals surface area contributed by atoms with Crippen LogP contribution in [0.2, 0.25) is 5.02 Å². The zero-order valence-electron chi connectivity index (χ0n) is 15.6. The highest BCUT2D eigenvalue weighted by molar-refractivity contribution is 6.31. The average molecular weight is 491 g/mol. The van der Waals surface area contributed by atoms with Gasteiger partial charge in [-0.25, -0.2) is 4.79 Å². The number of benzene rings is 2. The third-order valence-corrected chi connectivity index (χ3v) is 5.01. The first-order valence-electron chi connectivity index (χ1n) is 8.46. The molecule has 2 aromatic carbocycles. The molecule has 0 amide bonds. The molecule has 0 atom stereocenters. The number of hydrogen-bond acceptors (Lipinski definition) is 2. The summed E-state index contributed by atoms with van der Waals surface area (Å²) in [5.41, 5.74) is -7.45. The smallest absolute Gasteiger partial charge is 0.428 e. The standard InChI is InChI=1S/C19H10ClF9NO2/c1-30-12-5-3-2-4-10(12)14(11-8-9(20)6-7-13(11)30)15(31)32-16(17(21,22)23,18(24,25)26)19(27,28)29/h2-8H,1H3/q+1. The molecule has 0 N–H and O–H groups in total. The van der Waals surface area contributed by atoms with Crippen LogP contribution < -0.4 is 4.57 Å². The third-order valence-electron chi connectivity index (χ3n) is 4.77. The van der Waals surface area contributed by atoms with E-state index < -0.39 is 35.7 Å². The van der Waals surface area contributed by atoms with Crippen LogP contribution in [0, 0.1) is 0 Å². The van der Waals surface area contributed by atoms with Gasteiger partial charge in [-0.1, -0.05) is 23.7 Å². The Labute approximate surface area is 177 Å². The fourth-order valence-electron chi connectivity index (χ4n) is 3.32. The molecule has 0 spiro atoms. The number of alkyl halides is 9. The van der Waals surface area contributed by atoms with E-state index in [1.165, 1.54) is 41.9 Å². The Morgan fingerprint density at radius 2 is 1.31 bits per heavy atom. The van der Waals surface area contributed by atoms with E-state index in [1.54, 1.807) is 0 Å². The number of hydrogen-bond donors (Lipinski definition) is 0. The summed E-state index contributed by atoms with van der Waals surface area (Å²) in [6, 6.07) is 8.89. The van der Waals surface area contributed by atoms with Crippen LogP contribution in [0.15, 0.2) is 42.5 Å². The van der Waals surface area contributed by atoms with Crippen LogP contribution in [-0.2, 0) is 11.8 Å². The van der Waals surface area contributed by atoms with Gasteiger partial charge in [0, 0.05) is 17.2 Å². The van der Waals surface area contributed by atoms with Crippen molar-refractivity contribution in [1.82, 2.24) is 0 Å². The number of carbonyl (C=O) groups is 1. The number of pyridine rings is 1. The highest BCUT2D eigenvalue weighted by atomic mass is 35.5. The number of ether oxygens (including phenoxy) is 1. The molecule has 0 fully saturated rings. The van der Waals surface area contributed by atoms with Crippen molar-refractivity contribution in [3.8, 4) is 0 Å². The number of halogens is 10. The van der Waals surface area contributed by atoms with Crippen molar-refractivity contribution in [3.63, 3.8) is 0 Å². The molecule has 0 saturated carbocycles. The van der Waals surface area contributed by atoms with Gasteiger partial charge in [-0.3, -0.25) is 0 Å². The van der Waals surface area contributed by atoms with Gasteiger partial charge in [-0.05, 0) is 18.2 Å². The van der Waals surface area contributed by atoms with E-state index in [0.29, 0.717) is 0 Å². The zero-order valence-corrected chi connectivity index (χ0v) is 16.3. The SMILES string of the molecule is C[n+]1c2ccccc2c(C(=O)OC(C(F)(F)F)(C(F)(F)F)C(F)(F)F)c2cc(Cl)ccc21. The van der Waals surface area contributed by atoms with Gasteiger partial charge in [0.15, 0.2) is 0 Å². The summed E-state index contributed by atoms with van der Waals surface area (Å²) in [7, 11) is 1.47. The molecule has 0 saturated heterocycles. The fraction of sp³-hybridized carbons (Fsp3) is 0.263. The van der Waals surface area contributed by atoms with E-state index in [9.17, 15) is 44.3 Å². The molecule has 0 radical (unpaired) electrons. The van der Waals surface area contributed by atoms with Gasteiger partial charge in [0.05, 0.1) is 16.3 Å². The summed E-state index contributed by atoms with van der Waals surface area (Å²) < 4.78 is 124. The van der Waals surface area contributed by atoms with Crippen molar-refractivity contribution in [2.45, 2.75) is 24.1 Å². The van der Waals surface area contributed by atoms with E-state index >= 15 is 0 Å². The monoisotopic (exact) mass is 490 g/mol. The fourth-order valence-corrected chi connectivity index (χ4v) is 3.49. The van der Waals surface area contributed by atoms with Gasteiger partial charge in [0.2, 0.25) is 11.0 Å². The van der Waals surface area contributed by atoms with Gasteiger partial charge in [-0.2, -0.15) is 44.1 Å². The van der Waals surface area contributed by atoms with Crippen molar-refractivity contribution in [1.29, 1.82) is 0 Å². The van der Waals surface area contributed by atoms with Crippen LogP contribution >= 0.6 is 11.6 Å². The number of nitrogens with zero attached hydrogens (tertiary/aromatic N) is 1. The number of esters is 1. The van der Waals surface area contributed by atoms with Gasteiger partial charge < -0.3 is 4.74 Å². The maximum absolute atomic E-state index is 13.3. The van der Waals surface area contributed by atoms with Crippen LogP contribution in [0.4, 0.5) is 39.5 Å². The quantitative estimate of drug-likeness (QED) is 0.189. The van der Waals surface area contributed by atoms with Gasteiger partial charge in [0.1, 0.15) is 7.05 Å². The molecule has 0 aliphatic heterocycles. The molecule has 0 bridgehead atoms. The first-order chi connectivity index (χ1) is 14.5. The Hall–Kier alpha value is -2.76. The molecule has 0 unspecified atom stereocenters. The number of aryl methyl sites for hydroxylation is 1. The van der Waals surface area contributed by atoms with E-state index in [2.05, 4.69) is 4.74 Å². The number of fused-ring (bicyclic) bond motifs is 2. The molecule has 32 heavy (non-hydrogen) atoms. The maximum Gasteiger partial charge on any atom is 0.447 e. The molecule has 1 aromatic heterocycles. The van der Waals surface area contributed by atoms with E-state index in [0.717, 1.165) is 12.1 Å². The lowest BCUT2D eigenvalue weighted by Gasteiger charge is -2.37. The molecule has 3 aromatic rings. The molecular weight excluding hydrogens is 481 g/mol. The lowest BCUT2D eigenvalue weighted by Crippen LogP contribution is -2.68. The molecule has 3 nitrogen and oxygen atoms in total. The number of aromatic nitrogens is 1. The van der Waals surface area contributed by atoms with Gasteiger partial charge in [0.25, 0.3) is 0 Å². The van der Waals surface area contributed by atoms with Crippen LogP contribution in [-0.4, -0.2) is 30.1 Å². The number of rotatable bonds is 2. The highest BCUT2D eigenvalue weighted by Gasteiger charge is 2.87. The Bertz CT molecular complexity index is 1180.